The predicted molar refractivity (Wildman–Crippen MR) is 109 cm³/mol. The molecule has 0 aliphatic carbocycles. The average molecular weight is 382 g/mol. The maximum absolute atomic E-state index is 12.5. The fraction of sp³-hybridized carbons (Fsp3) is 0.0952. The summed E-state index contributed by atoms with van der Waals surface area (Å²) >= 11 is 7.39. The van der Waals surface area contributed by atoms with Gasteiger partial charge >= 0.3 is 0 Å². The Bertz CT molecular complexity index is 1090. The van der Waals surface area contributed by atoms with Crippen LogP contribution in [0.25, 0.3) is 21.9 Å². The summed E-state index contributed by atoms with van der Waals surface area (Å²) in [4.78, 5) is 13.5. The maximum Gasteiger partial charge on any atom is 0.237 e. The van der Waals surface area contributed by atoms with Crippen molar-refractivity contribution in [3.8, 4) is 0 Å². The number of rotatable bonds is 4. The van der Waals surface area contributed by atoms with Crippen LogP contribution in [0, 0.1) is 0 Å². The third kappa shape index (κ3) is 3.43. The van der Waals surface area contributed by atoms with Gasteiger partial charge in [0.1, 0.15) is 11.2 Å². The summed E-state index contributed by atoms with van der Waals surface area (Å²) in [6, 6.07) is 21.1. The van der Waals surface area contributed by atoms with Gasteiger partial charge in [0.15, 0.2) is 0 Å². The molecule has 3 nitrogen and oxygen atoms in total. The van der Waals surface area contributed by atoms with Crippen molar-refractivity contribution in [2.45, 2.75) is 17.1 Å². The van der Waals surface area contributed by atoms with Gasteiger partial charge in [0.25, 0.3) is 0 Å². The van der Waals surface area contributed by atoms with E-state index < -0.39 is 0 Å². The molecule has 1 heterocycles. The van der Waals surface area contributed by atoms with Crippen molar-refractivity contribution in [2.75, 3.05) is 5.32 Å². The van der Waals surface area contributed by atoms with E-state index in [2.05, 4.69) is 5.32 Å². The van der Waals surface area contributed by atoms with Crippen molar-refractivity contribution >= 4 is 56.9 Å². The van der Waals surface area contributed by atoms with E-state index in [-0.39, 0.29) is 11.2 Å². The van der Waals surface area contributed by atoms with Crippen LogP contribution in [0.1, 0.15) is 6.92 Å². The first kappa shape index (κ1) is 17.0. The third-order valence-corrected chi connectivity index (χ3v) is 5.51. The molecule has 26 heavy (non-hydrogen) atoms. The van der Waals surface area contributed by atoms with Crippen LogP contribution in [0.3, 0.4) is 0 Å². The molecule has 0 saturated carbocycles. The molecule has 1 atom stereocenters. The lowest BCUT2D eigenvalue weighted by molar-refractivity contribution is -0.115. The van der Waals surface area contributed by atoms with Gasteiger partial charge in [0.2, 0.25) is 5.91 Å². The smallest absolute Gasteiger partial charge is 0.237 e. The molecule has 0 aliphatic rings. The zero-order valence-electron chi connectivity index (χ0n) is 14.0. The Balaban J connectivity index is 1.51. The number of hydrogen-bond acceptors (Lipinski definition) is 3. The van der Waals surface area contributed by atoms with E-state index in [1.54, 1.807) is 0 Å². The number of benzene rings is 3. The number of furan rings is 1. The summed E-state index contributed by atoms with van der Waals surface area (Å²) in [6.45, 7) is 1.88. The van der Waals surface area contributed by atoms with Gasteiger partial charge in [-0.15, -0.1) is 11.8 Å². The maximum atomic E-state index is 12.5. The van der Waals surface area contributed by atoms with E-state index in [9.17, 15) is 4.79 Å². The number of amides is 1. The van der Waals surface area contributed by atoms with Crippen LogP contribution < -0.4 is 5.32 Å². The zero-order chi connectivity index (χ0) is 18.1. The SMILES string of the molecule is CC(Sc1ccc(Cl)cc1)C(=O)Nc1ccc2c(c1)oc1ccccc12. The predicted octanol–water partition coefficient (Wildman–Crippen LogP) is 6.36. The minimum absolute atomic E-state index is 0.0552. The standard InChI is InChI=1S/C21H16ClNO2S/c1-13(26-16-9-6-14(22)7-10-16)21(24)23-15-8-11-18-17-4-2-3-5-19(17)25-20(18)12-15/h2-13H,1H3,(H,23,24). The number of fused-ring (bicyclic) bond motifs is 3. The molecular weight excluding hydrogens is 366 g/mol. The summed E-state index contributed by atoms with van der Waals surface area (Å²) < 4.78 is 5.87. The highest BCUT2D eigenvalue weighted by atomic mass is 35.5. The summed E-state index contributed by atoms with van der Waals surface area (Å²) in [5.74, 6) is -0.0552. The van der Waals surface area contributed by atoms with Crippen LogP contribution >= 0.6 is 23.4 Å². The molecule has 3 aromatic carbocycles. The lowest BCUT2D eigenvalue weighted by Gasteiger charge is -2.12. The zero-order valence-corrected chi connectivity index (χ0v) is 15.6. The molecule has 5 heteroatoms. The lowest BCUT2D eigenvalue weighted by Crippen LogP contribution is -2.22. The molecule has 0 bridgehead atoms. The molecule has 4 rings (SSSR count). The van der Waals surface area contributed by atoms with Crippen LogP contribution in [0.2, 0.25) is 5.02 Å². The number of para-hydroxylation sites is 1. The molecule has 1 unspecified atom stereocenters. The Morgan fingerprint density at radius 3 is 2.54 bits per heavy atom. The number of nitrogens with one attached hydrogen (secondary N) is 1. The second-order valence-electron chi connectivity index (χ2n) is 6.01. The Hall–Kier alpha value is -2.43. The second-order valence-corrected chi connectivity index (χ2v) is 7.86. The molecule has 0 aliphatic heterocycles. The summed E-state index contributed by atoms with van der Waals surface area (Å²) in [7, 11) is 0. The highest BCUT2D eigenvalue weighted by Crippen LogP contribution is 2.31. The van der Waals surface area contributed by atoms with Gasteiger partial charge < -0.3 is 9.73 Å². The van der Waals surface area contributed by atoms with Crippen molar-refractivity contribution in [3.05, 3.63) is 71.8 Å². The number of thioether (sulfide) groups is 1. The van der Waals surface area contributed by atoms with E-state index in [1.807, 2.05) is 73.7 Å². The minimum atomic E-state index is -0.234. The molecule has 0 fully saturated rings. The van der Waals surface area contributed by atoms with Gasteiger partial charge in [-0.25, -0.2) is 0 Å². The monoisotopic (exact) mass is 381 g/mol. The van der Waals surface area contributed by atoms with E-state index >= 15 is 0 Å². The summed E-state index contributed by atoms with van der Waals surface area (Å²) in [5, 5.41) is 5.54. The van der Waals surface area contributed by atoms with Crippen molar-refractivity contribution < 1.29 is 9.21 Å². The first-order chi connectivity index (χ1) is 12.6. The van der Waals surface area contributed by atoms with Crippen LogP contribution in [0.5, 0.6) is 0 Å². The van der Waals surface area contributed by atoms with Crippen molar-refractivity contribution in [1.82, 2.24) is 0 Å². The first-order valence-electron chi connectivity index (χ1n) is 8.24. The van der Waals surface area contributed by atoms with Crippen LogP contribution in [0.4, 0.5) is 5.69 Å². The number of hydrogen-bond donors (Lipinski definition) is 1. The molecule has 1 aromatic heterocycles. The Morgan fingerprint density at radius 2 is 1.73 bits per heavy atom. The number of anilines is 1. The Labute approximate surface area is 160 Å². The van der Waals surface area contributed by atoms with Crippen molar-refractivity contribution in [2.24, 2.45) is 0 Å². The molecule has 0 radical (unpaired) electrons. The van der Waals surface area contributed by atoms with E-state index in [0.717, 1.165) is 32.5 Å². The van der Waals surface area contributed by atoms with Gasteiger partial charge in [0.05, 0.1) is 5.25 Å². The average Bonchev–Trinajstić information content (AvgIpc) is 3.01. The molecular formula is C21H16ClNO2S. The topological polar surface area (TPSA) is 42.2 Å². The van der Waals surface area contributed by atoms with Crippen LogP contribution in [-0.4, -0.2) is 11.2 Å². The fourth-order valence-corrected chi connectivity index (χ4v) is 3.81. The Morgan fingerprint density at radius 1 is 1.00 bits per heavy atom. The van der Waals surface area contributed by atoms with Gasteiger partial charge in [-0.1, -0.05) is 29.8 Å². The minimum Gasteiger partial charge on any atom is -0.456 e. The first-order valence-corrected chi connectivity index (χ1v) is 9.50. The highest BCUT2D eigenvalue weighted by molar-refractivity contribution is 8.00. The van der Waals surface area contributed by atoms with E-state index in [1.165, 1.54) is 11.8 Å². The summed E-state index contributed by atoms with van der Waals surface area (Å²) in [6.07, 6.45) is 0. The largest absolute Gasteiger partial charge is 0.456 e. The van der Waals surface area contributed by atoms with Gasteiger partial charge in [-0.2, -0.15) is 0 Å². The molecule has 0 spiro atoms. The number of carbonyl (C=O) groups excluding carboxylic acids is 1. The van der Waals surface area contributed by atoms with Crippen molar-refractivity contribution in [3.63, 3.8) is 0 Å². The molecule has 4 aromatic rings. The molecule has 1 N–H and O–H groups in total. The molecule has 0 saturated heterocycles. The normalized spacial score (nSPS) is 12.4. The van der Waals surface area contributed by atoms with Gasteiger partial charge in [-0.3, -0.25) is 4.79 Å². The Kier molecular flexibility index (Phi) is 4.62. The van der Waals surface area contributed by atoms with E-state index in [4.69, 9.17) is 16.0 Å². The quantitative estimate of drug-likeness (QED) is 0.418. The van der Waals surface area contributed by atoms with Gasteiger partial charge in [0, 0.05) is 32.4 Å². The second kappa shape index (κ2) is 7.06. The summed E-state index contributed by atoms with van der Waals surface area (Å²) in [5.41, 5.74) is 2.34. The van der Waals surface area contributed by atoms with Gasteiger partial charge in [-0.05, 0) is 49.4 Å². The van der Waals surface area contributed by atoms with Crippen LogP contribution in [-0.2, 0) is 4.79 Å². The lowest BCUT2D eigenvalue weighted by atomic mass is 10.1. The van der Waals surface area contributed by atoms with Crippen LogP contribution in [0.15, 0.2) is 76.0 Å². The fourth-order valence-electron chi connectivity index (χ4n) is 2.82. The number of halogens is 1. The molecule has 1 amide bonds. The molecule has 130 valence electrons. The third-order valence-electron chi connectivity index (χ3n) is 4.14. The highest BCUT2D eigenvalue weighted by Gasteiger charge is 2.15. The van der Waals surface area contributed by atoms with E-state index in [0.29, 0.717) is 5.02 Å². The number of carbonyl (C=O) groups is 1. The van der Waals surface area contributed by atoms with Crippen molar-refractivity contribution in [1.29, 1.82) is 0 Å².